The summed E-state index contributed by atoms with van der Waals surface area (Å²) in [6, 6.07) is 4.21. The molecule has 1 aromatic carbocycles. The van der Waals surface area contributed by atoms with Gasteiger partial charge in [0.2, 0.25) is 0 Å². The van der Waals surface area contributed by atoms with E-state index in [0.717, 1.165) is 6.42 Å². The fourth-order valence-corrected chi connectivity index (χ4v) is 6.13. The zero-order chi connectivity index (χ0) is 24.3. The Morgan fingerprint density at radius 1 is 1.33 bits per heavy atom. The molecule has 2 aliphatic rings. The standard InChI is InChI=1S/C29H38N2O2/c1-17-23(15-28(3,4)5)29(6,7)25-22-16-30-12-10-19(22)14-21-20(11-13-33-9)27(18(2)32)31(8)26(17)24(21)25/h10,12,14-16,20,27,32H,2,11,13H2,1,3-9H3/b23-15+. The molecule has 1 aromatic heterocycles. The van der Waals surface area contributed by atoms with E-state index in [4.69, 9.17) is 4.74 Å². The number of rotatable bonds is 4. The summed E-state index contributed by atoms with van der Waals surface area (Å²) < 4.78 is 5.48. The molecule has 0 saturated heterocycles. The highest BCUT2D eigenvalue weighted by Crippen LogP contribution is 2.56. The lowest BCUT2D eigenvalue weighted by Gasteiger charge is -2.50. The Labute approximate surface area is 198 Å². The molecule has 1 N–H and O–H groups in total. The van der Waals surface area contributed by atoms with Gasteiger partial charge < -0.3 is 14.7 Å². The topological polar surface area (TPSA) is 45.6 Å². The van der Waals surface area contributed by atoms with Crippen LogP contribution in [0.3, 0.4) is 0 Å². The monoisotopic (exact) mass is 446 g/mol. The van der Waals surface area contributed by atoms with Gasteiger partial charge in [-0.15, -0.1) is 0 Å². The lowest BCUT2D eigenvalue weighted by Crippen LogP contribution is -2.45. The highest BCUT2D eigenvalue weighted by Gasteiger charge is 2.46. The molecular formula is C29H38N2O2. The molecule has 4 rings (SSSR count). The third kappa shape index (κ3) is 3.69. The smallest absolute Gasteiger partial charge is 0.108 e. The first kappa shape index (κ1) is 23.6. The molecule has 4 nitrogen and oxygen atoms in total. The normalized spacial score (nSPS) is 23.3. The van der Waals surface area contributed by atoms with Crippen molar-refractivity contribution in [2.24, 2.45) is 5.41 Å². The molecule has 0 bridgehead atoms. The quantitative estimate of drug-likeness (QED) is 0.529. The number of nitrogens with zero attached hydrogens (tertiary/aromatic N) is 2. The summed E-state index contributed by atoms with van der Waals surface area (Å²) in [5, 5.41) is 13.2. The predicted octanol–water partition coefficient (Wildman–Crippen LogP) is 6.74. The number of ether oxygens (including phenoxy) is 1. The van der Waals surface area contributed by atoms with Crippen molar-refractivity contribution in [3.8, 4) is 0 Å². The second-order valence-electron chi connectivity index (χ2n) is 11.3. The molecule has 0 amide bonds. The zero-order valence-electron chi connectivity index (χ0n) is 21.4. The van der Waals surface area contributed by atoms with Crippen molar-refractivity contribution in [1.29, 1.82) is 0 Å². The van der Waals surface area contributed by atoms with Gasteiger partial charge in [0, 0.05) is 61.1 Å². The first-order chi connectivity index (χ1) is 15.4. The number of likely N-dealkylation sites (N-methyl/N-ethyl adjacent to an activating group) is 1. The summed E-state index contributed by atoms with van der Waals surface area (Å²) in [6.45, 7) is 18.3. The van der Waals surface area contributed by atoms with Crippen molar-refractivity contribution in [2.75, 3.05) is 20.8 Å². The van der Waals surface area contributed by atoms with E-state index in [2.05, 4.69) is 83.3 Å². The molecule has 0 saturated carbocycles. The Balaban J connectivity index is 2.18. The van der Waals surface area contributed by atoms with Crippen LogP contribution < -0.4 is 0 Å². The van der Waals surface area contributed by atoms with Crippen molar-refractivity contribution >= 4 is 16.5 Å². The number of hydrogen-bond donors (Lipinski definition) is 1. The first-order valence-electron chi connectivity index (χ1n) is 11.9. The number of allylic oxidation sites excluding steroid dienone is 3. The van der Waals surface area contributed by atoms with Crippen LogP contribution in [0.25, 0.3) is 16.5 Å². The maximum atomic E-state index is 10.8. The van der Waals surface area contributed by atoms with Crippen LogP contribution in [-0.2, 0) is 10.2 Å². The van der Waals surface area contributed by atoms with E-state index < -0.39 is 0 Å². The number of pyridine rings is 1. The summed E-state index contributed by atoms with van der Waals surface area (Å²) in [4.78, 5) is 6.76. The van der Waals surface area contributed by atoms with Gasteiger partial charge in [-0.3, -0.25) is 4.98 Å². The van der Waals surface area contributed by atoms with Crippen LogP contribution in [0.2, 0.25) is 0 Å². The second-order valence-corrected chi connectivity index (χ2v) is 11.3. The van der Waals surface area contributed by atoms with Crippen LogP contribution in [0, 0.1) is 5.41 Å². The van der Waals surface area contributed by atoms with Gasteiger partial charge in [-0.2, -0.15) is 0 Å². The SMILES string of the molecule is C=C(O)C1C(CCOC)c2cc3ccncc3c3c2C(=C(C)/C(=C\C(C)(C)C)C3(C)C)N1C. The van der Waals surface area contributed by atoms with E-state index in [-0.39, 0.29) is 28.5 Å². The third-order valence-corrected chi connectivity index (χ3v) is 7.37. The van der Waals surface area contributed by atoms with Crippen molar-refractivity contribution in [1.82, 2.24) is 9.88 Å². The first-order valence-corrected chi connectivity index (χ1v) is 11.9. The highest BCUT2D eigenvalue weighted by molar-refractivity contribution is 5.96. The van der Waals surface area contributed by atoms with Gasteiger partial charge in [0.1, 0.15) is 5.76 Å². The van der Waals surface area contributed by atoms with Crippen molar-refractivity contribution in [3.63, 3.8) is 0 Å². The Morgan fingerprint density at radius 3 is 2.64 bits per heavy atom. The van der Waals surface area contributed by atoms with Crippen molar-refractivity contribution < 1.29 is 9.84 Å². The number of aromatic nitrogens is 1. The van der Waals surface area contributed by atoms with Crippen LogP contribution in [0.5, 0.6) is 0 Å². The minimum Gasteiger partial charge on any atom is -0.511 e. The van der Waals surface area contributed by atoms with Gasteiger partial charge in [-0.1, -0.05) is 47.3 Å². The minimum absolute atomic E-state index is 0.0335. The van der Waals surface area contributed by atoms with Crippen LogP contribution in [0.4, 0.5) is 0 Å². The van der Waals surface area contributed by atoms with Crippen molar-refractivity contribution in [2.45, 2.75) is 65.3 Å². The van der Waals surface area contributed by atoms with Crippen LogP contribution in [0.15, 0.2) is 54.1 Å². The Hall–Kier alpha value is -2.59. The molecule has 176 valence electrons. The lowest BCUT2D eigenvalue weighted by atomic mass is 9.62. The summed E-state index contributed by atoms with van der Waals surface area (Å²) in [5.41, 5.74) is 7.54. The molecule has 0 fully saturated rings. The maximum absolute atomic E-state index is 10.8. The minimum atomic E-state index is -0.207. The molecule has 4 heteroatoms. The maximum Gasteiger partial charge on any atom is 0.108 e. The van der Waals surface area contributed by atoms with Gasteiger partial charge in [0.25, 0.3) is 0 Å². The lowest BCUT2D eigenvalue weighted by molar-refractivity contribution is 0.161. The Bertz CT molecular complexity index is 1180. The van der Waals surface area contributed by atoms with Gasteiger partial charge in [-0.05, 0) is 58.6 Å². The number of aliphatic hydroxyl groups is 1. The summed E-state index contributed by atoms with van der Waals surface area (Å²) >= 11 is 0. The molecule has 1 aliphatic carbocycles. The largest absolute Gasteiger partial charge is 0.511 e. The molecule has 2 unspecified atom stereocenters. The molecule has 2 aromatic rings. The van der Waals surface area contributed by atoms with Gasteiger partial charge in [0.15, 0.2) is 0 Å². The number of fused-ring (bicyclic) bond motifs is 2. The number of hydrogen-bond acceptors (Lipinski definition) is 4. The molecular weight excluding hydrogens is 408 g/mol. The van der Waals surface area contributed by atoms with E-state index in [1.54, 1.807) is 7.11 Å². The van der Waals surface area contributed by atoms with Gasteiger partial charge >= 0.3 is 0 Å². The van der Waals surface area contributed by atoms with Crippen LogP contribution in [0.1, 0.15) is 70.6 Å². The van der Waals surface area contributed by atoms with Gasteiger partial charge in [-0.25, -0.2) is 0 Å². The number of aliphatic hydroxyl groups excluding tert-OH is 1. The fourth-order valence-electron chi connectivity index (χ4n) is 6.13. The predicted molar refractivity (Wildman–Crippen MR) is 137 cm³/mol. The summed E-state index contributed by atoms with van der Waals surface area (Å²) in [5.74, 6) is 0.284. The number of benzene rings is 1. The van der Waals surface area contributed by atoms with E-state index in [1.165, 1.54) is 44.3 Å². The van der Waals surface area contributed by atoms with Crippen molar-refractivity contribution in [3.05, 3.63) is 70.8 Å². The molecule has 2 heterocycles. The van der Waals surface area contributed by atoms with Crippen LogP contribution in [-0.4, -0.2) is 41.8 Å². The molecule has 2 atom stereocenters. The molecule has 33 heavy (non-hydrogen) atoms. The molecule has 0 radical (unpaired) electrons. The zero-order valence-corrected chi connectivity index (χ0v) is 21.4. The second kappa shape index (κ2) is 8.02. The summed E-state index contributed by atoms with van der Waals surface area (Å²) in [7, 11) is 3.83. The van der Waals surface area contributed by atoms with Gasteiger partial charge in [0.05, 0.1) is 6.04 Å². The molecule has 1 aliphatic heterocycles. The van der Waals surface area contributed by atoms with E-state index >= 15 is 0 Å². The Kier molecular flexibility index (Phi) is 5.73. The highest BCUT2D eigenvalue weighted by atomic mass is 16.5. The average Bonchev–Trinajstić information content (AvgIpc) is 2.72. The van der Waals surface area contributed by atoms with E-state index in [9.17, 15) is 5.11 Å². The van der Waals surface area contributed by atoms with E-state index in [0.29, 0.717) is 6.61 Å². The van der Waals surface area contributed by atoms with Crippen LogP contribution >= 0.6 is 0 Å². The third-order valence-electron chi connectivity index (χ3n) is 7.37. The summed E-state index contributed by atoms with van der Waals surface area (Å²) in [6.07, 6.45) is 7.11. The van der Waals surface area contributed by atoms with E-state index in [1.807, 2.05) is 12.4 Å². The Morgan fingerprint density at radius 2 is 2.03 bits per heavy atom. The fraction of sp³-hybridized carbons (Fsp3) is 0.483. The number of methoxy groups -OCH3 is 1. The molecule has 0 spiro atoms. The average molecular weight is 447 g/mol.